The first-order valence-electron chi connectivity index (χ1n) is 9.48. The molecule has 0 fully saturated rings. The number of amides is 2. The van der Waals surface area contributed by atoms with Crippen LogP contribution in [0, 0.1) is 18.3 Å². The molecule has 3 aromatic rings. The molecule has 0 radical (unpaired) electrons. The van der Waals surface area contributed by atoms with Crippen molar-refractivity contribution in [1.29, 1.82) is 5.26 Å². The summed E-state index contributed by atoms with van der Waals surface area (Å²) in [6, 6.07) is 17.5. The fraction of sp³-hybridized carbons (Fsp3) is 0.0870. The van der Waals surface area contributed by atoms with Crippen LogP contribution in [-0.4, -0.2) is 25.1 Å². The molecule has 0 unspecified atom stereocenters. The number of carbonyl (C=O) groups is 2. The number of hydrogen-bond donors (Lipinski definition) is 1. The summed E-state index contributed by atoms with van der Waals surface area (Å²) in [4.78, 5) is 27.1. The number of rotatable bonds is 5. The Kier molecular flexibility index (Phi) is 5.46. The minimum atomic E-state index is -4.00. The Hall–Kier alpha value is -3.67. The van der Waals surface area contributed by atoms with Gasteiger partial charge in [0.05, 0.1) is 44.9 Å². The molecule has 0 aliphatic carbocycles. The summed E-state index contributed by atoms with van der Waals surface area (Å²) in [6.07, 6.45) is 0. The van der Waals surface area contributed by atoms with E-state index in [1.54, 1.807) is 36.4 Å². The lowest BCUT2D eigenvalue weighted by atomic mass is 10.1. The number of hydrogen-bond acceptors (Lipinski definition) is 5. The highest BCUT2D eigenvalue weighted by molar-refractivity contribution is 7.92. The smallest absolute Gasteiger partial charge is 0.264 e. The monoisotopic (exact) mass is 465 g/mol. The SMILES string of the molecule is Cc1ccc(S(=O)(=O)Nc2ccc(Cl)c3c2C(=O)N(Cc2cccc(C#N)c2)C3=O)cc1. The zero-order valence-corrected chi connectivity index (χ0v) is 18.4. The fourth-order valence-corrected chi connectivity index (χ4v) is 4.75. The summed E-state index contributed by atoms with van der Waals surface area (Å²) >= 11 is 6.20. The zero-order chi connectivity index (χ0) is 23.0. The van der Waals surface area contributed by atoms with Crippen molar-refractivity contribution < 1.29 is 18.0 Å². The van der Waals surface area contributed by atoms with Gasteiger partial charge in [-0.2, -0.15) is 5.26 Å². The number of nitrogens with zero attached hydrogens (tertiary/aromatic N) is 2. The first-order chi connectivity index (χ1) is 15.2. The van der Waals surface area contributed by atoms with Gasteiger partial charge in [0.2, 0.25) is 0 Å². The van der Waals surface area contributed by atoms with Crippen LogP contribution >= 0.6 is 11.6 Å². The van der Waals surface area contributed by atoms with Gasteiger partial charge < -0.3 is 0 Å². The number of nitrogens with one attached hydrogen (secondary N) is 1. The second-order valence-corrected chi connectivity index (χ2v) is 9.36. The van der Waals surface area contributed by atoms with Gasteiger partial charge in [0.15, 0.2) is 0 Å². The third kappa shape index (κ3) is 3.84. The van der Waals surface area contributed by atoms with Crippen molar-refractivity contribution in [2.24, 2.45) is 0 Å². The summed E-state index contributed by atoms with van der Waals surface area (Å²) in [5.41, 5.74) is 1.68. The molecule has 0 bridgehead atoms. The molecule has 4 rings (SSSR count). The molecule has 1 heterocycles. The van der Waals surface area contributed by atoms with Gasteiger partial charge in [-0.15, -0.1) is 0 Å². The largest absolute Gasteiger partial charge is 0.279 e. The van der Waals surface area contributed by atoms with Crippen molar-refractivity contribution in [3.8, 4) is 6.07 Å². The molecule has 0 atom stereocenters. The second kappa shape index (κ2) is 8.11. The Bertz CT molecular complexity index is 1410. The molecule has 0 saturated carbocycles. The molecule has 7 nitrogen and oxygen atoms in total. The van der Waals surface area contributed by atoms with Crippen LogP contribution in [0.4, 0.5) is 5.69 Å². The molecule has 9 heteroatoms. The minimum Gasteiger partial charge on any atom is -0.279 e. The topological polar surface area (TPSA) is 107 Å². The van der Waals surface area contributed by atoms with Crippen LogP contribution in [0.2, 0.25) is 5.02 Å². The highest BCUT2D eigenvalue weighted by Gasteiger charge is 2.40. The first-order valence-corrected chi connectivity index (χ1v) is 11.3. The van der Waals surface area contributed by atoms with E-state index in [1.807, 2.05) is 13.0 Å². The molecule has 2 amide bonds. The third-order valence-electron chi connectivity index (χ3n) is 5.04. The van der Waals surface area contributed by atoms with E-state index in [2.05, 4.69) is 4.72 Å². The van der Waals surface area contributed by atoms with Gasteiger partial charge >= 0.3 is 0 Å². The van der Waals surface area contributed by atoms with Crippen LogP contribution in [0.3, 0.4) is 0 Å². The van der Waals surface area contributed by atoms with E-state index in [1.165, 1.54) is 24.3 Å². The molecule has 3 aromatic carbocycles. The number of carbonyl (C=O) groups excluding carboxylic acids is 2. The maximum Gasteiger partial charge on any atom is 0.264 e. The summed E-state index contributed by atoms with van der Waals surface area (Å²) in [5.74, 6) is -1.30. The Labute approximate surface area is 189 Å². The zero-order valence-electron chi connectivity index (χ0n) is 16.8. The van der Waals surface area contributed by atoms with Crippen molar-refractivity contribution in [3.05, 3.63) is 93.5 Å². The van der Waals surface area contributed by atoms with E-state index in [-0.39, 0.29) is 33.3 Å². The minimum absolute atomic E-state index is 0.0220. The molecule has 0 aromatic heterocycles. The Morgan fingerprint density at radius 2 is 1.69 bits per heavy atom. The molecule has 0 spiro atoms. The van der Waals surface area contributed by atoms with E-state index in [0.29, 0.717) is 11.1 Å². The maximum atomic E-state index is 13.2. The maximum absolute atomic E-state index is 13.2. The van der Waals surface area contributed by atoms with E-state index < -0.39 is 21.8 Å². The van der Waals surface area contributed by atoms with Crippen LogP contribution in [-0.2, 0) is 16.6 Å². The van der Waals surface area contributed by atoms with Crippen molar-refractivity contribution >= 4 is 39.1 Å². The molecule has 1 aliphatic rings. The van der Waals surface area contributed by atoms with Crippen molar-refractivity contribution in [1.82, 2.24) is 4.90 Å². The normalized spacial score (nSPS) is 13.1. The number of aryl methyl sites for hydroxylation is 1. The third-order valence-corrected chi connectivity index (χ3v) is 6.74. The number of imide groups is 1. The average Bonchev–Trinajstić information content (AvgIpc) is 3.02. The summed E-state index contributed by atoms with van der Waals surface area (Å²) < 4.78 is 28.1. The lowest BCUT2D eigenvalue weighted by Crippen LogP contribution is -2.29. The van der Waals surface area contributed by atoms with Crippen LogP contribution in [0.1, 0.15) is 37.4 Å². The van der Waals surface area contributed by atoms with Gasteiger partial charge in [0.25, 0.3) is 21.8 Å². The lowest BCUT2D eigenvalue weighted by Gasteiger charge is -2.14. The first kappa shape index (κ1) is 21.6. The van der Waals surface area contributed by atoms with E-state index in [4.69, 9.17) is 16.9 Å². The predicted molar refractivity (Wildman–Crippen MR) is 119 cm³/mol. The Balaban J connectivity index is 1.71. The molecule has 0 saturated heterocycles. The average molecular weight is 466 g/mol. The van der Waals surface area contributed by atoms with Crippen LogP contribution < -0.4 is 4.72 Å². The van der Waals surface area contributed by atoms with E-state index in [9.17, 15) is 18.0 Å². The highest BCUT2D eigenvalue weighted by Crippen LogP contribution is 2.36. The number of anilines is 1. The second-order valence-electron chi connectivity index (χ2n) is 7.27. The lowest BCUT2D eigenvalue weighted by molar-refractivity contribution is 0.0642. The highest BCUT2D eigenvalue weighted by atomic mass is 35.5. The van der Waals surface area contributed by atoms with Crippen LogP contribution in [0.25, 0.3) is 0 Å². The van der Waals surface area contributed by atoms with Crippen LogP contribution in [0.5, 0.6) is 0 Å². The van der Waals surface area contributed by atoms with Crippen molar-refractivity contribution in [2.75, 3.05) is 4.72 Å². The van der Waals surface area contributed by atoms with Crippen molar-refractivity contribution in [2.45, 2.75) is 18.4 Å². The molecular weight excluding hydrogens is 450 g/mol. The van der Waals surface area contributed by atoms with Gasteiger partial charge in [-0.3, -0.25) is 19.2 Å². The number of halogens is 1. The number of nitriles is 1. The van der Waals surface area contributed by atoms with Gasteiger partial charge in [0.1, 0.15) is 0 Å². The van der Waals surface area contributed by atoms with E-state index >= 15 is 0 Å². The number of sulfonamides is 1. The van der Waals surface area contributed by atoms with Gasteiger partial charge in [-0.1, -0.05) is 41.4 Å². The number of fused-ring (bicyclic) bond motifs is 1. The summed E-state index contributed by atoms with van der Waals surface area (Å²) in [6.45, 7) is 1.75. The number of benzene rings is 3. The molecule has 1 aliphatic heterocycles. The molecular formula is C23H16ClN3O4S. The molecule has 32 heavy (non-hydrogen) atoms. The van der Waals surface area contributed by atoms with E-state index in [0.717, 1.165) is 10.5 Å². The Morgan fingerprint density at radius 3 is 2.38 bits per heavy atom. The standard InChI is InChI=1S/C23H16ClN3O4S/c1-14-5-7-17(8-6-14)32(30,31)26-19-10-9-18(24)20-21(19)23(29)27(22(20)28)13-16-4-2-3-15(11-16)12-25/h2-11,26H,13H2,1H3. The van der Waals surface area contributed by atoms with Gasteiger partial charge in [-0.25, -0.2) is 8.42 Å². The Morgan fingerprint density at radius 1 is 1.00 bits per heavy atom. The quantitative estimate of drug-likeness (QED) is 0.570. The fourth-order valence-electron chi connectivity index (χ4n) is 3.44. The van der Waals surface area contributed by atoms with Gasteiger partial charge in [0, 0.05) is 0 Å². The summed E-state index contributed by atoms with van der Waals surface area (Å²) in [7, 11) is -4.00. The summed E-state index contributed by atoms with van der Waals surface area (Å²) in [5, 5.41) is 9.13. The molecule has 160 valence electrons. The molecule has 1 N–H and O–H groups in total. The van der Waals surface area contributed by atoms with Crippen molar-refractivity contribution in [3.63, 3.8) is 0 Å². The predicted octanol–water partition coefficient (Wildman–Crippen LogP) is 4.12. The van der Waals surface area contributed by atoms with Crippen LogP contribution in [0.15, 0.2) is 65.6 Å². The van der Waals surface area contributed by atoms with Gasteiger partial charge in [-0.05, 0) is 48.9 Å².